The lowest BCUT2D eigenvalue weighted by Crippen LogP contribution is -2.34. The fraction of sp³-hybridized carbons (Fsp3) is 0.467. The van der Waals surface area contributed by atoms with E-state index in [9.17, 15) is 4.79 Å². The number of carbonyl (C=O) groups is 1. The molecule has 0 spiro atoms. The number of amides is 1. The van der Waals surface area contributed by atoms with Crippen molar-refractivity contribution in [2.45, 2.75) is 31.7 Å². The Bertz CT molecular complexity index is 431. The number of carbonyl (C=O) groups excluding carboxylic acids is 1. The molecule has 102 valence electrons. The Morgan fingerprint density at radius 1 is 1.58 bits per heavy atom. The smallest absolute Gasteiger partial charge is 0.246 e. The zero-order chi connectivity index (χ0) is 13.5. The van der Waals surface area contributed by atoms with Crippen LogP contribution in [0.1, 0.15) is 31.2 Å². The van der Waals surface area contributed by atoms with Crippen LogP contribution in [0.25, 0.3) is 6.08 Å². The summed E-state index contributed by atoms with van der Waals surface area (Å²) in [5.74, 6) is 0.0595. The lowest BCUT2D eigenvalue weighted by molar-refractivity contribution is -0.126. The van der Waals surface area contributed by atoms with Crippen LogP contribution < -0.4 is 0 Å². The largest absolute Gasteiger partial charge is 0.396 e. The van der Waals surface area contributed by atoms with Gasteiger partial charge in [0.05, 0.1) is 0 Å². The summed E-state index contributed by atoms with van der Waals surface area (Å²) >= 11 is 0. The van der Waals surface area contributed by atoms with E-state index in [1.165, 1.54) is 0 Å². The van der Waals surface area contributed by atoms with Crippen molar-refractivity contribution < 1.29 is 9.90 Å². The van der Waals surface area contributed by atoms with Crippen LogP contribution in [0.3, 0.4) is 0 Å². The van der Waals surface area contributed by atoms with E-state index in [0.717, 1.165) is 37.8 Å². The molecular weight excluding hydrogens is 240 g/mol. The lowest BCUT2D eigenvalue weighted by Gasteiger charge is -2.23. The first kappa shape index (κ1) is 13.7. The van der Waals surface area contributed by atoms with Gasteiger partial charge in [-0.1, -0.05) is 6.07 Å². The van der Waals surface area contributed by atoms with Gasteiger partial charge in [0.1, 0.15) is 0 Å². The molecule has 2 rings (SSSR count). The van der Waals surface area contributed by atoms with Crippen molar-refractivity contribution in [2.24, 2.45) is 0 Å². The molecule has 0 aromatic carbocycles. The average molecular weight is 260 g/mol. The van der Waals surface area contributed by atoms with Crippen LogP contribution in [-0.4, -0.2) is 40.1 Å². The van der Waals surface area contributed by atoms with Gasteiger partial charge in [0, 0.05) is 37.7 Å². The number of pyridine rings is 1. The van der Waals surface area contributed by atoms with Gasteiger partial charge in [-0.05, 0) is 43.4 Å². The van der Waals surface area contributed by atoms with E-state index in [-0.39, 0.29) is 18.6 Å². The molecule has 2 heterocycles. The van der Waals surface area contributed by atoms with E-state index in [1.54, 1.807) is 24.5 Å². The van der Waals surface area contributed by atoms with Gasteiger partial charge in [-0.15, -0.1) is 0 Å². The number of aliphatic hydroxyl groups is 1. The van der Waals surface area contributed by atoms with Crippen LogP contribution in [-0.2, 0) is 4.79 Å². The van der Waals surface area contributed by atoms with E-state index in [4.69, 9.17) is 5.11 Å². The highest BCUT2D eigenvalue weighted by Gasteiger charge is 2.26. The molecule has 1 atom stereocenters. The van der Waals surface area contributed by atoms with Crippen LogP contribution >= 0.6 is 0 Å². The molecule has 4 heteroatoms. The number of aromatic nitrogens is 1. The normalized spacial score (nSPS) is 19.2. The SMILES string of the molecule is O=C(C=Cc1cccnc1)N1CCCC1CCCO. The number of nitrogens with zero attached hydrogens (tertiary/aromatic N) is 2. The molecule has 0 aliphatic carbocycles. The first-order valence-corrected chi connectivity index (χ1v) is 6.81. The van der Waals surface area contributed by atoms with Gasteiger partial charge in [0.2, 0.25) is 5.91 Å². The van der Waals surface area contributed by atoms with Gasteiger partial charge >= 0.3 is 0 Å². The number of hydrogen-bond acceptors (Lipinski definition) is 3. The predicted molar refractivity (Wildman–Crippen MR) is 74.3 cm³/mol. The average Bonchev–Trinajstić information content (AvgIpc) is 2.92. The second-order valence-corrected chi connectivity index (χ2v) is 4.81. The van der Waals surface area contributed by atoms with E-state index < -0.39 is 0 Å². The van der Waals surface area contributed by atoms with Crippen molar-refractivity contribution in [3.8, 4) is 0 Å². The minimum absolute atomic E-state index is 0.0595. The molecule has 1 aromatic rings. The minimum Gasteiger partial charge on any atom is -0.396 e. The number of likely N-dealkylation sites (tertiary alicyclic amines) is 1. The molecular formula is C15H20N2O2. The van der Waals surface area contributed by atoms with Gasteiger partial charge in [-0.3, -0.25) is 9.78 Å². The molecule has 19 heavy (non-hydrogen) atoms. The molecule has 4 nitrogen and oxygen atoms in total. The number of aliphatic hydroxyl groups excluding tert-OH is 1. The van der Waals surface area contributed by atoms with Crippen LogP contribution in [0, 0.1) is 0 Å². The molecule has 1 unspecified atom stereocenters. The van der Waals surface area contributed by atoms with Gasteiger partial charge in [-0.2, -0.15) is 0 Å². The highest BCUT2D eigenvalue weighted by Crippen LogP contribution is 2.21. The Hall–Kier alpha value is -1.68. The van der Waals surface area contributed by atoms with E-state index >= 15 is 0 Å². The highest BCUT2D eigenvalue weighted by atomic mass is 16.3. The Morgan fingerprint density at radius 3 is 3.21 bits per heavy atom. The van der Waals surface area contributed by atoms with Crippen LogP contribution in [0.4, 0.5) is 0 Å². The standard InChI is InChI=1S/C15H20N2O2/c18-11-3-6-14-5-2-10-17(14)15(19)8-7-13-4-1-9-16-12-13/h1,4,7-9,12,14,18H,2-3,5-6,10-11H2. The van der Waals surface area contributed by atoms with Crippen LogP contribution in [0.15, 0.2) is 30.6 Å². The Labute approximate surface area is 113 Å². The van der Waals surface area contributed by atoms with Gasteiger partial charge in [-0.25, -0.2) is 0 Å². The molecule has 1 N–H and O–H groups in total. The maximum atomic E-state index is 12.1. The maximum Gasteiger partial charge on any atom is 0.246 e. The molecule has 1 aromatic heterocycles. The van der Waals surface area contributed by atoms with Gasteiger partial charge < -0.3 is 10.0 Å². The molecule has 1 amide bonds. The van der Waals surface area contributed by atoms with Crippen LogP contribution in [0.5, 0.6) is 0 Å². The third kappa shape index (κ3) is 3.89. The second-order valence-electron chi connectivity index (χ2n) is 4.81. The zero-order valence-corrected chi connectivity index (χ0v) is 11.0. The minimum atomic E-state index is 0.0595. The summed E-state index contributed by atoms with van der Waals surface area (Å²) in [6, 6.07) is 4.06. The second kappa shape index (κ2) is 7.04. The first-order chi connectivity index (χ1) is 9.31. The Morgan fingerprint density at radius 2 is 2.47 bits per heavy atom. The van der Waals surface area contributed by atoms with Crippen molar-refractivity contribution in [3.05, 3.63) is 36.2 Å². The molecule has 1 saturated heterocycles. The lowest BCUT2D eigenvalue weighted by atomic mass is 10.1. The third-order valence-corrected chi connectivity index (χ3v) is 3.46. The number of rotatable bonds is 5. The molecule has 1 aliphatic rings. The molecule has 0 radical (unpaired) electrons. The van der Waals surface area contributed by atoms with Gasteiger partial charge in [0.25, 0.3) is 0 Å². The van der Waals surface area contributed by atoms with Crippen molar-refractivity contribution in [1.82, 2.24) is 9.88 Å². The monoisotopic (exact) mass is 260 g/mol. The fourth-order valence-corrected chi connectivity index (χ4v) is 2.49. The summed E-state index contributed by atoms with van der Waals surface area (Å²) < 4.78 is 0. The molecule has 1 fully saturated rings. The summed E-state index contributed by atoms with van der Waals surface area (Å²) in [5, 5.41) is 8.88. The topological polar surface area (TPSA) is 53.4 Å². The van der Waals surface area contributed by atoms with Crippen molar-refractivity contribution in [2.75, 3.05) is 13.2 Å². The summed E-state index contributed by atoms with van der Waals surface area (Å²) in [5.41, 5.74) is 0.932. The summed E-state index contributed by atoms with van der Waals surface area (Å²) in [7, 11) is 0. The quantitative estimate of drug-likeness (QED) is 0.822. The predicted octanol–water partition coefficient (Wildman–Crippen LogP) is 1.86. The van der Waals surface area contributed by atoms with E-state index in [0.29, 0.717) is 0 Å². The maximum absolute atomic E-state index is 12.1. The highest BCUT2D eigenvalue weighted by molar-refractivity contribution is 5.92. The van der Waals surface area contributed by atoms with Crippen molar-refractivity contribution in [1.29, 1.82) is 0 Å². The summed E-state index contributed by atoms with van der Waals surface area (Å²) in [6.45, 7) is 1.02. The number of hydrogen-bond donors (Lipinski definition) is 1. The third-order valence-electron chi connectivity index (χ3n) is 3.46. The zero-order valence-electron chi connectivity index (χ0n) is 11.0. The molecule has 1 aliphatic heterocycles. The van der Waals surface area contributed by atoms with Crippen molar-refractivity contribution in [3.63, 3.8) is 0 Å². The molecule has 0 saturated carbocycles. The summed E-state index contributed by atoms with van der Waals surface area (Å²) in [4.78, 5) is 18.1. The Balaban J connectivity index is 1.93. The van der Waals surface area contributed by atoms with Crippen molar-refractivity contribution >= 4 is 12.0 Å². The van der Waals surface area contributed by atoms with Gasteiger partial charge in [0.15, 0.2) is 0 Å². The Kier molecular flexibility index (Phi) is 5.10. The molecule has 0 bridgehead atoms. The van der Waals surface area contributed by atoms with E-state index in [2.05, 4.69) is 4.98 Å². The first-order valence-electron chi connectivity index (χ1n) is 6.81. The summed E-state index contributed by atoms with van der Waals surface area (Å²) in [6.07, 6.45) is 10.6. The fourth-order valence-electron chi connectivity index (χ4n) is 2.49. The van der Waals surface area contributed by atoms with Crippen LogP contribution in [0.2, 0.25) is 0 Å². The van der Waals surface area contributed by atoms with E-state index in [1.807, 2.05) is 17.0 Å².